The van der Waals surface area contributed by atoms with Crippen molar-refractivity contribution >= 4 is 16.9 Å². The Labute approximate surface area is 119 Å². The molecule has 7 heteroatoms. The lowest BCUT2D eigenvalue weighted by atomic mass is 9.91. The van der Waals surface area contributed by atoms with Gasteiger partial charge in [0.15, 0.2) is 0 Å². The SMILES string of the molecule is O=C(n1cc(C2CCNCC2)c2ncccc21)C(F)(F)F. The van der Waals surface area contributed by atoms with E-state index in [-0.39, 0.29) is 11.4 Å². The van der Waals surface area contributed by atoms with Gasteiger partial charge in [0.2, 0.25) is 0 Å². The van der Waals surface area contributed by atoms with Gasteiger partial charge in [-0.2, -0.15) is 13.2 Å². The third-order valence-corrected chi connectivity index (χ3v) is 3.83. The van der Waals surface area contributed by atoms with Crippen LogP contribution in [0.4, 0.5) is 13.2 Å². The van der Waals surface area contributed by atoms with Gasteiger partial charge in [-0.25, -0.2) is 0 Å². The zero-order valence-corrected chi connectivity index (χ0v) is 11.2. The Balaban J connectivity index is 2.12. The maximum absolute atomic E-state index is 12.7. The van der Waals surface area contributed by atoms with Crippen molar-refractivity contribution in [3.63, 3.8) is 0 Å². The van der Waals surface area contributed by atoms with E-state index < -0.39 is 12.1 Å². The number of hydrogen-bond donors (Lipinski definition) is 1. The molecule has 0 bridgehead atoms. The molecule has 2 aromatic rings. The van der Waals surface area contributed by atoms with Crippen LogP contribution in [0.25, 0.3) is 11.0 Å². The molecule has 0 unspecified atom stereocenters. The summed E-state index contributed by atoms with van der Waals surface area (Å²) in [5.41, 5.74) is 1.43. The minimum Gasteiger partial charge on any atom is -0.317 e. The van der Waals surface area contributed by atoms with Crippen molar-refractivity contribution in [3.8, 4) is 0 Å². The molecule has 0 saturated carbocycles. The van der Waals surface area contributed by atoms with Crippen molar-refractivity contribution < 1.29 is 18.0 Å². The number of piperidine rings is 1. The Hall–Kier alpha value is -1.89. The van der Waals surface area contributed by atoms with Crippen molar-refractivity contribution in [2.75, 3.05) is 13.1 Å². The number of nitrogens with zero attached hydrogens (tertiary/aromatic N) is 2. The van der Waals surface area contributed by atoms with Gasteiger partial charge in [0.05, 0.1) is 11.0 Å². The zero-order chi connectivity index (χ0) is 15.0. The van der Waals surface area contributed by atoms with Gasteiger partial charge in [-0.1, -0.05) is 0 Å². The highest BCUT2D eigenvalue weighted by Gasteiger charge is 2.41. The van der Waals surface area contributed by atoms with Crippen molar-refractivity contribution in [2.45, 2.75) is 24.9 Å². The predicted octanol–water partition coefficient (Wildman–Crippen LogP) is 2.71. The Bertz CT molecular complexity index is 672. The van der Waals surface area contributed by atoms with E-state index in [1.54, 1.807) is 0 Å². The van der Waals surface area contributed by atoms with Crippen LogP contribution in [0.5, 0.6) is 0 Å². The topological polar surface area (TPSA) is 46.9 Å². The van der Waals surface area contributed by atoms with E-state index in [0.717, 1.165) is 31.5 Å². The fraction of sp³-hybridized carbons (Fsp3) is 0.429. The predicted molar refractivity (Wildman–Crippen MR) is 71.3 cm³/mol. The standard InChI is InChI=1S/C14H14F3N3O/c15-14(16,17)13(21)20-8-10(9-3-6-18-7-4-9)12-11(20)2-1-5-19-12/h1-2,5,8-9,18H,3-4,6-7H2. The molecule has 4 nitrogen and oxygen atoms in total. The number of rotatable bonds is 1. The number of fused-ring (bicyclic) bond motifs is 1. The molecule has 1 fully saturated rings. The van der Waals surface area contributed by atoms with E-state index in [1.807, 2.05) is 0 Å². The average molecular weight is 297 g/mol. The summed E-state index contributed by atoms with van der Waals surface area (Å²) in [6.45, 7) is 1.63. The zero-order valence-electron chi connectivity index (χ0n) is 11.2. The summed E-state index contributed by atoms with van der Waals surface area (Å²) in [6, 6.07) is 3.03. The lowest BCUT2D eigenvalue weighted by Gasteiger charge is -2.21. The highest BCUT2D eigenvalue weighted by atomic mass is 19.4. The second-order valence-electron chi connectivity index (χ2n) is 5.15. The lowest BCUT2D eigenvalue weighted by molar-refractivity contribution is -0.0943. The molecule has 0 atom stereocenters. The molecule has 112 valence electrons. The number of nitrogens with one attached hydrogen (secondary N) is 1. The van der Waals surface area contributed by atoms with Crippen LogP contribution >= 0.6 is 0 Å². The summed E-state index contributed by atoms with van der Waals surface area (Å²) in [5.74, 6) is -1.74. The van der Waals surface area contributed by atoms with Crippen LogP contribution in [0.2, 0.25) is 0 Å². The summed E-state index contributed by atoms with van der Waals surface area (Å²) in [7, 11) is 0. The fourth-order valence-corrected chi connectivity index (χ4v) is 2.82. The second-order valence-corrected chi connectivity index (χ2v) is 5.15. The largest absolute Gasteiger partial charge is 0.472 e. The van der Waals surface area contributed by atoms with E-state index in [1.165, 1.54) is 24.5 Å². The third-order valence-electron chi connectivity index (χ3n) is 3.83. The third kappa shape index (κ3) is 2.53. The van der Waals surface area contributed by atoms with Crippen LogP contribution in [-0.4, -0.2) is 34.7 Å². The van der Waals surface area contributed by atoms with Crippen LogP contribution in [0.15, 0.2) is 24.5 Å². The molecule has 21 heavy (non-hydrogen) atoms. The van der Waals surface area contributed by atoms with E-state index in [9.17, 15) is 18.0 Å². The normalized spacial score (nSPS) is 17.3. The maximum Gasteiger partial charge on any atom is 0.472 e. The fourth-order valence-electron chi connectivity index (χ4n) is 2.82. The maximum atomic E-state index is 12.7. The molecule has 1 aliphatic heterocycles. The number of aromatic nitrogens is 2. The molecular formula is C14H14F3N3O. The Morgan fingerprint density at radius 1 is 1.33 bits per heavy atom. The molecule has 2 aromatic heterocycles. The number of hydrogen-bond acceptors (Lipinski definition) is 3. The number of halogens is 3. The van der Waals surface area contributed by atoms with Gasteiger partial charge in [-0.05, 0) is 49.5 Å². The second kappa shape index (κ2) is 5.14. The van der Waals surface area contributed by atoms with E-state index >= 15 is 0 Å². The van der Waals surface area contributed by atoms with Crippen LogP contribution in [-0.2, 0) is 0 Å². The first-order valence-electron chi connectivity index (χ1n) is 6.76. The Morgan fingerprint density at radius 3 is 2.71 bits per heavy atom. The van der Waals surface area contributed by atoms with Crippen LogP contribution in [0.1, 0.15) is 29.1 Å². The first-order chi connectivity index (χ1) is 9.98. The van der Waals surface area contributed by atoms with E-state index in [0.29, 0.717) is 10.1 Å². The van der Waals surface area contributed by atoms with Crippen molar-refractivity contribution in [2.24, 2.45) is 0 Å². The minimum absolute atomic E-state index is 0.130. The molecule has 0 radical (unpaired) electrons. The Morgan fingerprint density at radius 2 is 2.05 bits per heavy atom. The van der Waals surface area contributed by atoms with Gasteiger partial charge in [-0.3, -0.25) is 14.3 Å². The highest BCUT2D eigenvalue weighted by molar-refractivity contribution is 5.95. The molecule has 1 aliphatic rings. The minimum atomic E-state index is -4.90. The molecular weight excluding hydrogens is 283 g/mol. The molecule has 0 spiro atoms. The van der Waals surface area contributed by atoms with Crippen LogP contribution < -0.4 is 5.32 Å². The lowest BCUT2D eigenvalue weighted by Crippen LogP contribution is -2.28. The van der Waals surface area contributed by atoms with Gasteiger partial charge in [0.25, 0.3) is 0 Å². The number of pyridine rings is 1. The van der Waals surface area contributed by atoms with Gasteiger partial charge in [0.1, 0.15) is 0 Å². The monoisotopic (exact) mass is 297 g/mol. The van der Waals surface area contributed by atoms with E-state index in [2.05, 4.69) is 10.3 Å². The summed E-state index contributed by atoms with van der Waals surface area (Å²) < 4.78 is 38.8. The number of carbonyl (C=O) groups is 1. The molecule has 3 rings (SSSR count). The molecule has 1 saturated heterocycles. The molecule has 3 heterocycles. The van der Waals surface area contributed by atoms with Gasteiger partial charge in [0, 0.05) is 12.4 Å². The summed E-state index contributed by atoms with van der Waals surface area (Å²) in [6.07, 6.45) is -0.391. The summed E-state index contributed by atoms with van der Waals surface area (Å²) in [4.78, 5) is 15.8. The highest BCUT2D eigenvalue weighted by Crippen LogP contribution is 2.33. The average Bonchev–Trinajstić information content (AvgIpc) is 2.86. The van der Waals surface area contributed by atoms with Crippen molar-refractivity contribution in [3.05, 3.63) is 30.1 Å². The Kier molecular flexibility index (Phi) is 3.44. The van der Waals surface area contributed by atoms with Gasteiger partial charge < -0.3 is 5.32 Å². The smallest absolute Gasteiger partial charge is 0.317 e. The van der Waals surface area contributed by atoms with Gasteiger partial charge >= 0.3 is 12.1 Å². The molecule has 0 amide bonds. The number of alkyl halides is 3. The van der Waals surface area contributed by atoms with E-state index in [4.69, 9.17) is 0 Å². The number of carbonyl (C=O) groups excluding carboxylic acids is 1. The molecule has 0 aromatic carbocycles. The van der Waals surface area contributed by atoms with Crippen LogP contribution in [0, 0.1) is 0 Å². The van der Waals surface area contributed by atoms with Crippen molar-refractivity contribution in [1.82, 2.24) is 14.9 Å². The van der Waals surface area contributed by atoms with Crippen molar-refractivity contribution in [1.29, 1.82) is 0 Å². The first-order valence-corrected chi connectivity index (χ1v) is 6.76. The molecule has 0 aliphatic carbocycles. The summed E-state index contributed by atoms with van der Waals surface area (Å²) in [5, 5.41) is 3.21. The molecule has 1 N–H and O–H groups in total. The quantitative estimate of drug-likeness (QED) is 0.880. The van der Waals surface area contributed by atoms with Crippen LogP contribution in [0.3, 0.4) is 0 Å². The van der Waals surface area contributed by atoms with Gasteiger partial charge in [-0.15, -0.1) is 0 Å². The summed E-state index contributed by atoms with van der Waals surface area (Å²) >= 11 is 0. The first kappa shape index (κ1) is 14.1.